The van der Waals surface area contributed by atoms with Crippen LogP contribution in [0.2, 0.25) is 0 Å². The lowest BCUT2D eigenvalue weighted by molar-refractivity contribution is -0.114. The Bertz CT molecular complexity index is 802. The molecule has 0 atom stereocenters. The van der Waals surface area contributed by atoms with Crippen molar-refractivity contribution in [2.75, 3.05) is 5.32 Å². The molecular formula is C14H13N5O2. The van der Waals surface area contributed by atoms with Crippen molar-refractivity contribution in [3.63, 3.8) is 0 Å². The average molecular weight is 283 g/mol. The summed E-state index contributed by atoms with van der Waals surface area (Å²) in [5.41, 5.74) is 9.35. The van der Waals surface area contributed by atoms with Crippen molar-refractivity contribution >= 4 is 17.5 Å². The number of nitrogens with zero attached hydrogens (tertiary/aromatic N) is 1. The predicted molar refractivity (Wildman–Crippen MR) is 77.8 cm³/mol. The highest BCUT2D eigenvalue weighted by atomic mass is 16.1. The number of H-pyrrole nitrogens is 2. The number of aromatic amines is 2. The monoisotopic (exact) mass is 283 g/mol. The number of hydrogen-bond donors (Lipinski definition) is 4. The van der Waals surface area contributed by atoms with Crippen LogP contribution >= 0.6 is 0 Å². The van der Waals surface area contributed by atoms with E-state index in [1.54, 1.807) is 30.6 Å². The lowest BCUT2D eigenvalue weighted by atomic mass is 10.00. The largest absolute Gasteiger partial charge is 0.366 e. The van der Waals surface area contributed by atoms with Crippen LogP contribution in [-0.2, 0) is 4.79 Å². The molecule has 0 aliphatic carbocycles. The lowest BCUT2D eigenvalue weighted by Crippen LogP contribution is -2.13. The molecule has 0 saturated heterocycles. The average Bonchev–Trinajstić information content (AvgIpc) is 2.99. The Hall–Kier alpha value is -3.09. The molecule has 2 amide bonds. The molecule has 0 radical (unpaired) electrons. The summed E-state index contributed by atoms with van der Waals surface area (Å²) in [6, 6.07) is 4.93. The summed E-state index contributed by atoms with van der Waals surface area (Å²) in [6.07, 6.45) is 3.37. The van der Waals surface area contributed by atoms with E-state index in [1.807, 2.05) is 0 Å². The van der Waals surface area contributed by atoms with Gasteiger partial charge in [-0.15, -0.1) is 0 Å². The first kappa shape index (κ1) is 12.9. The van der Waals surface area contributed by atoms with Gasteiger partial charge in [0.05, 0.1) is 17.6 Å². The van der Waals surface area contributed by atoms with Crippen molar-refractivity contribution in [1.29, 1.82) is 0 Å². The molecule has 7 heteroatoms. The zero-order valence-electron chi connectivity index (χ0n) is 11.2. The number of hydrogen-bond acceptors (Lipinski definition) is 3. The van der Waals surface area contributed by atoms with Gasteiger partial charge in [-0.3, -0.25) is 24.8 Å². The first-order valence-electron chi connectivity index (χ1n) is 6.28. The molecule has 1 aromatic rings. The van der Waals surface area contributed by atoms with Crippen LogP contribution in [0, 0.1) is 0 Å². The summed E-state index contributed by atoms with van der Waals surface area (Å²) in [5, 5.41) is 8.65. The SMILES string of the molecule is CC(=O)Nc1ccc(C(N)=O)c(-c2[nH][nH]c3cncc2-3)c1. The van der Waals surface area contributed by atoms with E-state index in [1.165, 1.54) is 6.92 Å². The quantitative estimate of drug-likeness (QED) is 0.584. The highest BCUT2D eigenvalue weighted by Crippen LogP contribution is 2.34. The van der Waals surface area contributed by atoms with Crippen molar-refractivity contribution in [3.05, 3.63) is 36.2 Å². The van der Waals surface area contributed by atoms with Crippen molar-refractivity contribution in [3.8, 4) is 22.5 Å². The molecule has 2 heterocycles. The first-order valence-corrected chi connectivity index (χ1v) is 6.28. The maximum absolute atomic E-state index is 11.6. The molecule has 3 rings (SSSR count). The molecule has 21 heavy (non-hydrogen) atoms. The molecule has 106 valence electrons. The summed E-state index contributed by atoms with van der Waals surface area (Å²) in [7, 11) is 0. The van der Waals surface area contributed by atoms with Crippen LogP contribution in [0.3, 0.4) is 0 Å². The van der Waals surface area contributed by atoms with Gasteiger partial charge in [-0.1, -0.05) is 0 Å². The van der Waals surface area contributed by atoms with Crippen LogP contribution in [0.25, 0.3) is 22.5 Å². The number of fused-ring (bicyclic) bond motifs is 1. The zero-order chi connectivity index (χ0) is 15.0. The van der Waals surface area contributed by atoms with Crippen molar-refractivity contribution in [1.82, 2.24) is 15.2 Å². The van der Waals surface area contributed by atoms with Crippen LogP contribution in [0.5, 0.6) is 0 Å². The summed E-state index contributed by atoms with van der Waals surface area (Å²) >= 11 is 0. The number of primary amides is 1. The van der Waals surface area contributed by atoms with Gasteiger partial charge in [-0.25, -0.2) is 0 Å². The maximum Gasteiger partial charge on any atom is 0.249 e. The minimum absolute atomic E-state index is 0.189. The van der Waals surface area contributed by atoms with Gasteiger partial charge in [0.25, 0.3) is 0 Å². The second-order valence-corrected chi connectivity index (χ2v) is 4.67. The number of anilines is 1. The second-order valence-electron chi connectivity index (χ2n) is 4.67. The molecule has 0 spiro atoms. The van der Waals surface area contributed by atoms with Crippen molar-refractivity contribution in [2.24, 2.45) is 5.73 Å². The van der Waals surface area contributed by atoms with E-state index in [0.29, 0.717) is 22.5 Å². The van der Waals surface area contributed by atoms with Crippen molar-refractivity contribution in [2.45, 2.75) is 6.92 Å². The number of amides is 2. The lowest BCUT2D eigenvalue weighted by Gasteiger charge is -2.09. The van der Waals surface area contributed by atoms with E-state index >= 15 is 0 Å². The molecule has 0 unspecified atom stereocenters. The molecule has 7 nitrogen and oxygen atoms in total. The minimum atomic E-state index is -0.540. The van der Waals surface area contributed by atoms with E-state index in [2.05, 4.69) is 20.5 Å². The number of benzene rings is 1. The van der Waals surface area contributed by atoms with Gasteiger partial charge < -0.3 is 11.1 Å². The van der Waals surface area contributed by atoms with Gasteiger partial charge >= 0.3 is 0 Å². The standard InChI is InChI=1S/C14H13N5O2/c1-7(20)17-8-2-3-9(14(15)21)10(4-8)13-11-5-16-6-12(11)18-19-13/h2-6,18-19H,1H3,(H2,15,21)(H,17,20). The minimum Gasteiger partial charge on any atom is -0.366 e. The van der Waals surface area contributed by atoms with E-state index < -0.39 is 5.91 Å². The molecular weight excluding hydrogens is 270 g/mol. The topological polar surface area (TPSA) is 117 Å². The van der Waals surface area contributed by atoms with Gasteiger partial charge in [-0.2, -0.15) is 0 Å². The predicted octanol–water partition coefficient (Wildman–Crippen LogP) is 1.57. The van der Waals surface area contributed by atoms with Gasteiger partial charge in [-0.05, 0) is 18.2 Å². The molecule has 0 saturated carbocycles. The normalized spacial score (nSPS) is 10.7. The Labute approximate surface area is 119 Å². The number of carbonyl (C=O) groups is 2. The molecule has 0 fully saturated rings. The highest BCUT2D eigenvalue weighted by Gasteiger charge is 2.19. The van der Waals surface area contributed by atoms with Crippen LogP contribution in [-0.4, -0.2) is 27.0 Å². The number of aromatic nitrogens is 3. The van der Waals surface area contributed by atoms with Crippen LogP contribution < -0.4 is 11.1 Å². The number of nitrogens with one attached hydrogen (secondary N) is 3. The van der Waals surface area contributed by atoms with Gasteiger partial charge in [0.15, 0.2) is 0 Å². The Kier molecular flexibility index (Phi) is 2.94. The fourth-order valence-corrected chi connectivity index (χ4v) is 2.28. The third-order valence-corrected chi connectivity index (χ3v) is 3.16. The fraction of sp³-hybridized carbons (Fsp3) is 0.0714. The van der Waals surface area contributed by atoms with Gasteiger partial charge in [0.2, 0.25) is 11.8 Å². The summed E-state index contributed by atoms with van der Waals surface area (Å²) in [6.45, 7) is 1.42. The molecule has 0 aromatic heterocycles. The van der Waals surface area contributed by atoms with E-state index in [4.69, 9.17) is 5.73 Å². The second kappa shape index (κ2) is 4.78. The summed E-state index contributed by atoms with van der Waals surface area (Å²) < 4.78 is 0. The van der Waals surface area contributed by atoms with E-state index in [0.717, 1.165) is 11.3 Å². The van der Waals surface area contributed by atoms with Crippen LogP contribution in [0.1, 0.15) is 17.3 Å². The van der Waals surface area contributed by atoms with Crippen LogP contribution in [0.15, 0.2) is 30.6 Å². The summed E-state index contributed by atoms with van der Waals surface area (Å²) in [4.78, 5) is 26.8. The third-order valence-electron chi connectivity index (χ3n) is 3.16. The van der Waals surface area contributed by atoms with E-state index in [-0.39, 0.29) is 5.91 Å². The Morgan fingerprint density at radius 1 is 1.19 bits per heavy atom. The molecule has 2 aliphatic rings. The van der Waals surface area contributed by atoms with Crippen LogP contribution in [0.4, 0.5) is 5.69 Å². The van der Waals surface area contributed by atoms with Gasteiger partial charge in [0.1, 0.15) is 0 Å². The van der Waals surface area contributed by atoms with Crippen molar-refractivity contribution < 1.29 is 9.59 Å². The number of rotatable bonds is 3. The molecule has 0 bridgehead atoms. The zero-order valence-corrected chi connectivity index (χ0v) is 11.2. The number of nitrogens with two attached hydrogens (primary N) is 1. The number of carbonyl (C=O) groups excluding carboxylic acids is 2. The van der Waals surface area contributed by atoms with E-state index in [9.17, 15) is 9.59 Å². The maximum atomic E-state index is 11.6. The Morgan fingerprint density at radius 2 is 2.00 bits per heavy atom. The highest BCUT2D eigenvalue weighted by molar-refractivity contribution is 6.02. The molecule has 2 aliphatic heterocycles. The smallest absolute Gasteiger partial charge is 0.249 e. The fourth-order valence-electron chi connectivity index (χ4n) is 2.28. The Balaban J connectivity index is 2.17. The third kappa shape index (κ3) is 2.25. The molecule has 5 N–H and O–H groups in total. The summed E-state index contributed by atoms with van der Waals surface area (Å²) in [5.74, 6) is -0.729. The Morgan fingerprint density at radius 3 is 2.71 bits per heavy atom. The molecule has 1 aromatic carbocycles. The first-order chi connectivity index (χ1) is 10.1. The van der Waals surface area contributed by atoms with Gasteiger partial charge in [0, 0.05) is 35.5 Å².